The van der Waals surface area contributed by atoms with E-state index in [4.69, 9.17) is 4.74 Å². The Labute approximate surface area is 135 Å². The highest BCUT2D eigenvalue weighted by atomic mass is 16.5. The fourth-order valence-electron chi connectivity index (χ4n) is 2.86. The molecule has 0 spiro atoms. The molecule has 1 amide bonds. The molecule has 5 nitrogen and oxygen atoms in total. The van der Waals surface area contributed by atoms with E-state index < -0.39 is 5.41 Å². The monoisotopic (exact) mass is 312 g/mol. The van der Waals surface area contributed by atoms with Crippen LogP contribution in [0.25, 0.3) is 0 Å². The molecule has 2 N–H and O–H groups in total. The van der Waals surface area contributed by atoms with Crippen LogP contribution in [-0.4, -0.2) is 23.8 Å². The summed E-state index contributed by atoms with van der Waals surface area (Å²) in [6.07, 6.45) is 3.20. The van der Waals surface area contributed by atoms with Crippen molar-refractivity contribution in [3.8, 4) is 5.75 Å². The van der Waals surface area contributed by atoms with Crippen molar-refractivity contribution in [2.45, 2.75) is 26.7 Å². The van der Waals surface area contributed by atoms with Gasteiger partial charge in [-0.15, -0.1) is 0 Å². The highest BCUT2D eigenvalue weighted by Crippen LogP contribution is 2.36. The van der Waals surface area contributed by atoms with Crippen LogP contribution >= 0.6 is 0 Å². The Morgan fingerprint density at radius 2 is 1.96 bits per heavy atom. The Kier molecular flexibility index (Phi) is 3.72. The SMILES string of the molecule is COc1ccc(NC(=O)c2c[nH]c3c2C(=O)C(C)(C)CC3)cc1. The van der Waals surface area contributed by atoms with Crippen molar-refractivity contribution >= 4 is 17.4 Å². The molecule has 1 heterocycles. The lowest BCUT2D eigenvalue weighted by molar-refractivity contribution is 0.0805. The summed E-state index contributed by atoms with van der Waals surface area (Å²) >= 11 is 0. The van der Waals surface area contributed by atoms with Crippen LogP contribution in [0, 0.1) is 5.41 Å². The van der Waals surface area contributed by atoms with Gasteiger partial charge in [0.25, 0.3) is 5.91 Å². The highest BCUT2D eigenvalue weighted by Gasteiger charge is 2.37. The van der Waals surface area contributed by atoms with Crippen LogP contribution in [-0.2, 0) is 6.42 Å². The second-order valence-corrected chi connectivity index (χ2v) is 6.45. The van der Waals surface area contributed by atoms with Gasteiger partial charge in [0, 0.05) is 23.0 Å². The number of aromatic amines is 1. The third-order valence-electron chi connectivity index (χ3n) is 4.40. The predicted octanol–water partition coefficient (Wildman–Crippen LogP) is 3.43. The minimum atomic E-state index is -0.426. The molecule has 0 bridgehead atoms. The van der Waals surface area contributed by atoms with Crippen molar-refractivity contribution in [3.05, 3.63) is 47.3 Å². The molecule has 0 saturated heterocycles. The summed E-state index contributed by atoms with van der Waals surface area (Å²) in [7, 11) is 1.59. The number of benzene rings is 1. The molecule has 1 aromatic heterocycles. The second-order valence-electron chi connectivity index (χ2n) is 6.45. The lowest BCUT2D eigenvalue weighted by atomic mass is 9.74. The quantitative estimate of drug-likeness (QED) is 0.912. The van der Waals surface area contributed by atoms with E-state index >= 15 is 0 Å². The van der Waals surface area contributed by atoms with Gasteiger partial charge in [0.2, 0.25) is 0 Å². The van der Waals surface area contributed by atoms with E-state index in [1.807, 2.05) is 13.8 Å². The topological polar surface area (TPSA) is 71.2 Å². The number of hydrogen-bond acceptors (Lipinski definition) is 3. The predicted molar refractivity (Wildman–Crippen MR) is 88.2 cm³/mol. The summed E-state index contributed by atoms with van der Waals surface area (Å²) < 4.78 is 5.10. The van der Waals surface area contributed by atoms with Crippen LogP contribution in [0.4, 0.5) is 5.69 Å². The first-order valence-electron chi connectivity index (χ1n) is 7.63. The summed E-state index contributed by atoms with van der Waals surface area (Å²) in [5, 5.41) is 2.83. The zero-order chi connectivity index (χ0) is 16.6. The van der Waals surface area contributed by atoms with Gasteiger partial charge in [0.05, 0.1) is 18.2 Å². The Hall–Kier alpha value is -2.56. The molecule has 1 aromatic carbocycles. The molecule has 0 radical (unpaired) electrons. The van der Waals surface area contributed by atoms with E-state index in [1.165, 1.54) is 0 Å². The Balaban J connectivity index is 1.86. The second kappa shape index (κ2) is 5.57. The summed E-state index contributed by atoms with van der Waals surface area (Å²) in [4.78, 5) is 28.3. The third kappa shape index (κ3) is 2.74. The number of ether oxygens (including phenoxy) is 1. The van der Waals surface area contributed by atoms with Crippen LogP contribution in [0.3, 0.4) is 0 Å². The van der Waals surface area contributed by atoms with Gasteiger partial charge in [-0.25, -0.2) is 0 Å². The number of H-pyrrole nitrogens is 1. The number of rotatable bonds is 3. The number of fused-ring (bicyclic) bond motifs is 1. The maximum absolute atomic E-state index is 12.6. The van der Waals surface area contributed by atoms with Gasteiger partial charge in [-0.2, -0.15) is 0 Å². The van der Waals surface area contributed by atoms with Crippen molar-refractivity contribution in [2.24, 2.45) is 5.41 Å². The first-order chi connectivity index (χ1) is 10.9. The molecule has 0 unspecified atom stereocenters. The smallest absolute Gasteiger partial charge is 0.257 e. The van der Waals surface area contributed by atoms with E-state index in [2.05, 4.69) is 10.3 Å². The van der Waals surface area contributed by atoms with E-state index in [0.29, 0.717) is 16.8 Å². The average molecular weight is 312 g/mol. The standard InChI is InChI=1S/C18H20N2O3/c1-18(2)9-8-14-15(16(18)21)13(10-19-14)17(22)20-11-4-6-12(23-3)7-5-11/h4-7,10,19H,8-9H2,1-3H3,(H,20,22). The Morgan fingerprint density at radius 3 is 2.61 bits per heavy atom. The van der Waals surface area contributed by atoms with Gasteiger partial charge < -0.3 is 15.0 Å². The molecule has 3 rings (SSSR count). The third-order valence-corrected chi connectivity index (χ3v) is 4.40. The number of carbonyl (C=O) groups excluding carboxylic acids is 2. The number of nitrogens with one attached hydrogen (secondary N) is 2. The lowest BCUT2D eigenvalue weighted by Crippen LogP contribution is -2.31. The molecule has 0 saturated carbocycles. The molecule has 1 aliphatic rings. The molecule has 2 aromatic rings. The fourth-order valence-corrected chi connectivity index (χ4v) is 2.86. The van der Waals surface area contributed by atoms with Crippen LogP contribution in [0.15, 0.2) is 30.5 Å². The first kappa shape index (κ1) is 15.3. The molecule has 120 valence electrons. The number of methoxy groups -OCH3 is 1. The first-order valence-corrected chi connectivity index (χ1v) is 7.63. The van der Waals surface area contributed by atoms with Crippen molar-refractivity contribution in [1.29, 1.82) is 0 Å². The van der Waals surface area contributed by atoms with Crippen LogP contribution in [0.5, 0.6) is 5.75 Å². The van der Waals surface area contributed by atoms with Crippen LogP contribution in [0.2, 0.25) is 0 Å². The van der Waals surface area contributed by atoms with Crippen molar-refractivity contribution < 1.29 is 14.3 Å². The number of aromatic nitrogens is 1. The molecule has 5 heteroatoms. The number of ketones is 1. The van der Waals surface area contributed by atoms with Crippen molar-refractivity contribution in [3.63, 3.8) is 0 Å². The minimum Gasteiger partial charge on any atom is -0.497 e. The molecule has 0 fully saturated rings. The zero-order valence-corrected chi connectivity index (χ0v) is 13.5. The van der Waals surface area contributed by atoms with Gasteiger partial charge in [-0.05, 0) is 37.1 Å². The van der Waals surface area contributed by atoms with Crippen LogP contribution in [0.1, 0.15) is 46.7 Å². The highest BCUT2D eigenvalue weighted by molar-refractivity contribution is 6.15. The van der Waals surface area contributed by atoms with E-state index in [0.717, 1.165) is 24.3 Å². The van der Waals surface area contributed by atoms with Crippen molar-refractivity contribution in [2.75, 3.05) is 12.4 Å². The average Bonchev–Trinajstić information content (AvgIpc) is 2.96. The molecular formula is C18H20N2O3. The van der Waals surface area contributed by atoms with Crippen LogP contribution < -0.4 is 10.1 Å². The number of carbonyl (C=O) groups is 2. The van der Waals surface area contributed by atoms with E-state index in [-0.39, 0.29) is 11.7 Å². The van der Waals surface area contributed by atoms with Crippen molar-refractivity contribution in [1.82, 2.24) is 4.98 Å². The number of aryl methyl sites for hydroxylation is 1. The summed E-state index contributed by atoms with van der Waals surface area (Å²) in [6.45, 7) is 3.85. The summed E-state index contributed by atoms with van der Waals surface area (Å²) in [5.41, 5.74) is 2.04. The minimum absolute atomic E-state index is 0.0277. The zero-order valence-electron chi connectivity index (χ0n) is 13.5. The van der Waals surface area contributed by atoms with Gasteiger partial charge in [-0.3, -0.25) is 9.59 Å². The van der Waals surface area contributed by atoms with Gasteiger partial charge >= 0.3 is 0 Å². The Morgan fingerprint density at radius 1 is 1.26 bits per heavy atom. The fraction of sp³-hybridized carbons (Fsp3) is 0.333. The maximum Gasteiger partial charge on any atom is 0.257 e. The van der Waals surface area contributed by atoms with Gasteiger partial charge in [-0.1, -0.05) is 13.8 Å². The number of hydrogen-bond donors (Lipinski definition) is 2. The number of anilines is 1. The van der Waals surface area contributed by atoms with E-state index in [1.54, 1.807) is 37.6 Å². The summed E-state index contributed by atoms with van der Waals surface area (Å²) in [5.74, 6) is 0.470. The molecular weight excluding hydrogens is 292 g/mol. The lowest BCUT2D eigenvalue weighted by Gasteiger charge is -2.28. The number of amides is 1. The van der Waals surface area contributed by atoms with Gasteiger partial charge in [0.1, 0.15) is 5.75 Å². The summed E-state index contributed by atoms with van der Waals surface area (Å²) in [6, 6.07) is 7.08. The molecule has 23 heavy (non-hydrogen) atoms. The normalized spacial score (nSPS) is 15.9. The maximum atomic E-state index is 12.6. The molecule has 0 atom stereocenters. The molecule has 0 aliphatic heterocycles. The largest absolute Gasteiger partial charge is 0.497 e. The Bertz CT molecular complexity index is 757. The van der Waals surface area contributed by atoms with Gasteiger partial charge in [0.15, 0.2) is 5.78 Å². The number of Topliss-reactive ketones (excluding diaryl/α,β-unsaturated/α-hetero) is 1. The molecule has 1 aliphatic carbocycles. The van der Waals surface area contributed by atoms with E-state index in [9.17, 15) is 9.59 Å².